The average Bonchev–Trinajstić information content (AvgIpc) is 2.81. The molecule has 0 unspecified atom stereocenters. The standard InChI is InChI=1S/C16H22ClNO4/c17-12-1-3-14(4-2-12)22-16-5-6-18(9-15(16)19)13-10-20-7-8-21-11-13/h1-4,13,15-16,19H,5-11H2/t15-,16-/m1/s1. The maximum Gasteiger partial charge on any atom is 0.127 e. The highest BCUT2D eigenvalue weighted by Crippen LogP contribution is 2.22. The zero-order chi connectivity index (χ0) is 15.4. The molecule has 0 bridgehead atoms. The zero-order valence-corrected chi connectivity index (χ0v) is 13.2. The van der Waals surface area contributed by atoms with Crippen LogP contribution in [0.25, 0.3) is 0 Å². The first-order valence-electron chi connectivity index (χ1n) is 7.72. The predicted octanol–water partition coefficient (Wildman–Crippen LogP) is 1.57. The predicted molar refractivity (Wildman–Crippen MR) is 83.5 cm³/mol. The van der Waals surface area contributed by atoms with E-state index in [1.54, 1.807) is 12.1 Å². The van der Waals surface area contributed by atoms with Crippen LogP contribution in [0.4, 0.5) is 0 Å². The van der Waals surface area contributed by atoms with E-state index in [0.717, 1.165) is 18.7 Å². The van der Waals surface area contributed by atoms with Gasteiger partial charge in [-0.1, -0.05) is 11.6 Å². The maximum absolute atomic E-state index is 10.4. The summed E-state index contributed by atoms with van der Waals surface area (Å²) in [7, 11) is 0. The molecule has 0 radical (unpaired) electrons. The van der Waals surface area contributed by atoms with Gasteiger partial charge in [-0.3, -0.25) is 4.90 Å². The molecule has 1 aromatic carbocycles. The van der Waals surface area contributed by atoms with Crippen LogP contribution in [0.15, 0.2) is 24.3 Å². The number of rotatable bonds is 3. The Morgan fingerprint density at radius 3 is 2.45 bits per heavy atom. The number of piperidine rings is 1. The summed E-state index contributed by atoms with van der Waals surface area (Å²) in [4.78, 5) is 2.23. The second-order valence-electron chi connectivity index (χ2n) is 5.76. The SMILES string of the molecule is O[C@@H]1CN(C2COCCOC2)CC[C@H]1Oc1ccc(Cl)cc1. The third-order valence-corrected chi connectivity index (χ3v) is 4.41. The van der Waals surface area contributed by atoms with Gasteiger partial charge in [-0.2, -0.15) is 0 Å². The topological polar surface area (TPSA) is 51.2 Å². The number of likely N-dealkylation sites (tertiary alicyclic amines) is 1. The number of ether oxygens (including phenoxy) is 3. The minimum atomic E-state index is -0.521. The van der Waals surface area contributed by atoms with Crippen molar-refractivity contribution in [1.29, 1.82) is 0 Å². The minimum Gasteiger partial charge on any atom is -0.488 e. The molecular weight excluding hydrogens is 306 g/mol. The molecule has 0 spiro atoms. The molecule has 2 atom stereocenters. The first kappa shape index (κ1) is 16.0. The molecule has 22 heavy (non-hydrogen) atoms. The summed E-state index contributed by atoms with van der Waals surface area (Å²) in [6.45, 7) is 4.07. The second-order valence-corrected chi connectivity index (χ2v) is 6.20. The van der Waals surface area contributed by atoms with E-state index in [-0.39, 0.29) is 12.1 Å². The summed E-state index contributed by atoms with van der Waals surface area (Å²) in [5.41, 5.74) is 0. The van der Waals surface area contributed by atoms with Crippen LogP contribution in [0.2, 0.25) is 5.02 Å². The Hall–Kier alpha value is -0.850. The van der Waals surface area contributed by atoms with Crippen molar-refractivity contribution >= 4 is 11.6 Å². The first-order chi connectivity index (χ1) is 10.7. The lowest BCUT2D eigenvalue weighted by Gasteiger charge is -2.39. The number of aliphatic hydroxyl groups is 1. The van der Waals surface area contributed by atoms with Crippen LogP contribution in [-0.4, -0.2) is 67.8 Å². The average molecular weight is 328 g/mol. The van der Waals surface area contributed by atoms with Gasteiger partial charge in [0.15, 0.2) is 0 Å². The van der Waals surface area contributed by atoms with Crippen LogP contribution in [0.5, 0.6) is 5.75 Å². The third kappa shape index (κ3) is 4.12. The van der Waals surface area contributed by atoms with E-state index in [2.05, 4.69) is 4.90 Å². The van der Waals surface area contributed by atoms with Crippen molar-refractivity contribution in [2.75, 3.05) is 39.5 Å². The molecule has 5 nitrogen and oxygen atoms in total. The van der Waals surface area contributed by atoms with Crippen molar-refractivity contribution in [3.63, 3.8) is 0 Å². The molecule has 0 aromatic heterocycles. The van der Waals surface area contributed by atoms with Gasteiger partial charge in [0, 0.05) is 18.1 Å². The van der Waals surface area contributed by atoms with Crippen LogP contribution < -0.4 is 4.74 Å². The summed E-state index contributed by atoms with van der Waals surface area (Å²) < 4.78 is 17.0. The quantitative estimate of drug-likeness (QED) is 0.913. The highest BCUT2D eigenvalue weighted by molar-refractivity contribution is 6.30. The number of hydrogen-bond acceptors (Lipinski definition) is 5. The van der Waals surface area contributed by atoms with Crippen LogP contribution in [0, 0.1) is 0 Å². The molecule has 0 amide bonds. The molecule has 6 heteroatoms. The largest absolute Gasteiger partial charge is 0.488 e. The number of benzene rings is 1. The van der Waals surface area contributed by atoms with Gasteiger partial charge in [0.05, 0.1) is 32.5 Å². The molecule has 2 aliphatic rings. The lowest BCUT2D eigenvalue weighted by atomic mass is 10.0. The Kier molecular flexibility index (Phi) is 5.55. The van der Waals surface area contributed by atoms with Gasteiger partial charge in [0.1, 0.15) is 18.0 Å². The lowest BCUT2D eigenvalue weighted by Crippen LogP contribution is -2.54. The van der Waals surface area contributed by atoms with Crippen molar-refractivity contribution in [3.05, 3.63) is 29.3 Å². The molecule has 1 N–H and O–H groups in total. The number of nitrogens with zero attached hydrogens (tertiary/aromatic N) is 1. The highest BCUT2D eigenvalue weighted by atomic mass is 35.5. The lowest BCUT2D eigenvalue weighted by molar-refractivity contribution is -0.0514. The van der Waals surface area contributed by atoms with E-state index in [0.29, 0.717) is 38.0 Å². The van der Waals surface area contributed by atoms with Crippen LogP contribution in [-0.2, 0) is 9.47 Å². The van der Waals surface area contributed by atoms with Gasteiger partial charge in [0.25, 0.3) is 0 Å². The smallest absolute Gasteiger partial charge is 0.127 e. The van der Waals surface area contributed by atoms with Crippen molar-refractivity contribution in [2.45, 2.75) is 24.7 Å². The molecular formula is C16H22ClNO4. The van der Waals surface area contributed by atoms with Crippen LogP contribution >= 0.6 is 11.6 Å². The highest BCUT2D eigenvalue weighted by Gasteiger charge is 2.33. The second kappa shape index (κ2) is 7.62. The number of hydrogen-bond donors (Lipinski definition) is 1. The van der Waals surface area contributed by atoms with Gasteiger partial charge in [-0.15, -0.1) is 0 Å². The van der Waals surface area contributed by atoms with Crippen molar-refractivity contribution in [1.82, 2.24) is 4.90 Å². The van der Waals surface area contributed by atoms with E-state index in [9.17, 15) is 5.11 Å². The molecule has 1 aromatic rings. The van der Waals surface area contributed by atoms with E-state index < -0.39 is 6.10 Å². The molecule has 0 aliphatic carbocycles. The van der Waals surface area contributed by atoms with Crippen molar-refractivity contribution < 1.29 is 19.3 Å². The fourth-order valence-corrected chi connectivity index (χ4v) is 3.03. The summed E-state index contributed by atoms with van der Waals surface area (Å²) in [5, 5.41) is 11.1. The van der Waals surface area contributed by atoms with E-state index in [4.69, 9.17) is 25.8 Å². The Labute approximate surface area is 135 Å². The first-order valence-corrected chi connectivity index (χ1v) is 8.10. The van der Waals surface area contributed by atoms with E-state index in [1.165, 1.54) is 0 Å². The van der Waals surface area contributed by atoms with Crippen LogP contribution in [0.1, 0.15) is 6.42 Å². The number of aliphatic hydroxyl groups excluding tert-OH is 1. The summed E-state index contributed by atoms with van der Waals surface area (Å²) >= 11 is 5.87. The van der Waals surface area contributed by atoms with Crippen molar-refractivity contribution in [3.8, 4) is 5.75 Å². The molecule has 2 heterocycles. The fraction of sp³-hybridized carbons (Fsp3) is 0.625. The van der Waals surface area contributed by atoms with Gasteiger partial charge in [-0.25, -0.2) is 0 Å². The molecule has 2 aliphatic heterocycles. The molecule has 2 fully saturated rings. The van der Waals surface area contributed by atoms with Gasteiger partial charge < -0.3 is 19.3 Å². The monoisotopic (exact) mass is 327 g/mol. The maximum atomic E-state index is 10.4. The molecule has 2 saturated heterocycles. The Balaban J connectivity index is 1.54. The van der Waals surface area contributed by atoms with Gasteiger partial charge in [-0.05, 0) is 30.7 Å². The minimum absolute atomic E-state index is 0.190. The van der Waals surface area contributed by atoms with Gasteiger partial charge in [0.2, 0.25) is 0 Å². The van der Waals surface area contributed by atoms with E-state index >= 15 is 0 Å². The summed E-state index contributed by atoms with van der Waals surface area (Å²) in [6, 6.07) is 7.45. The normalized spacial score (nSPS) is 28.3. The molecule has 3 rings (SSSR count). The van der Waals surface area contributed by atoms with Gasteiger partial charge >= 0.3 is 0 Å². The number of β-amino-alcohol motifs (C(OH)–C–C–N with tert-alkyl or cyclic N) is 1. The Bertz CT molecular complexity index is 462. The third-order valence-electron chi connectivity index (χ3n) is 4.16. The Morgan fingerprint density at radius 1 is 1.14 bits per heavy atom. The summed E-state index contributed by atoms with van der Waals surface area (Å²) in [6.07, 6.45) is 0.0676. The summed E-state index contributed by atoms with van der Waals surface area (Å²) in [5.74, 6) is 0.739. The zero-order valence-electron chi connectivity index (χ0n) is 12.5. The van der Waals surface area contributed by atoms with Crippen LogP contribution in [0.3, 0.4) is 0 Å². The number of halogens is 1. The fourth-order valence-electron chi connectivity index (χ4n) is 2.91. The van der Waals surface area contributed by atoms with Crippen molar-refractivity contribution in [2.24, 2.45) is 0 Å². The molecule has 0 saturated carbocycles. The van der Waals surface area contributed by atoms with E-state index in [1.807, 2.05) is 12.1 Å². The Morgan fingerprint density at radius 2 is 1.82 bits per heavy atom. The molecule has 122 valence electrons.